The van der Waals surface area contributed by atoms with E-state index in [-0.39, 0.29) is 18.7 Å². The number of aliphatic carboxylic acids is 1. The Balaban J connectivity index is 2.53. The van der Waals surface area contributed by atoms with Crippen LogP contribution in [0.3, 0.4) is 0 Å². The van der Waals surface area contributed by atoms with E-state index in [1.165, 1.54) is 19.9 Å². The molecule has 0 heterocycles. The molecule has 1 amide bonds. The maximum Gasteiger partial charge on any atom is 0.328 e. The van der Waals surface area contributed by atoms with Crippen molar-refractivity contribution in [2.24, 2.45) is 0 Å². The standard InChI is InChI=1S/C13H16FNO3/c1-13(2,12(17)18)15-11(16)8-7-9-5-3-4-6-10(9)14/h3-6H,7-8H2,1-2H3,(H,15,16)(H,17,18). The predicted molar refractivity (Wildman–Crippen MR) is 64.6 cm³/mol. The number of halogens is 1. The molecule has 0 aliphatic rings. The van der Waals surface area contributed by atoms with E-state index in [2.05, 4.69) is 5.32 Å². The number of benzene rings is 1. The molecule has 0 saturated carbocycles. The van der Waals surface area contributed by atoms with Crippen LogP contribution in [0.4, 0.5) is 4.39 Å². The zero-order valence-corrected chi connectivity index (χ0v) is 10.4. The minimum Gasteiger partial charge on any atom is -0.480 e. The van der Waals surface area contributed by atoms with Crippen LogP contribution >= 0.6 is 0 Å². The first-order chi connectivity index (χ1) is 8.33. The first kappa shape index (κ1) is 14.2. The van der Waals surface area contributed by atoms with E-state index < -0.39 is 17.4 Å². The number of rotatable bonds is 5. The Morgan fingerprint density at radius 3 is 2.50 bits per heavy atom. The largest absolute Gasteiger partial charge is 0.480 e. The lowest BCUT2D eigenvalue weighted by molar-refractivity contribution is -0.146. The maximum atomic E-state index is 13.3. The Labute approximate surface area is 105 Å². The first-order valence-corrected chi connectivity index (χ1v) is 5.61. The summed E-state index contributed by atoms with van der Waals surface area (Å²) in [5.74, 6) is -1.88. The van der Waals surface area contributed by atoms with Gasteiger partial charge in [-0.2, -0.15) is 0 Å². The fourth-order valence-corrected chi connectivity index (χ4v) is 1.41. The summed E-state index contributed by atoms with van der Waals surface area (Å²) >= 11 is 0. The summed E-state index contributed by atoms with van der Waals surface area (Å²) in [5, 5.41) is 11.2. The third-order valence-corrected chi connectivity index (χ3v) is 2.57. The van der Waals surface area contributed by atoms with E-state index in [1.807, 2.05) is 0 Å². The number of carboxylic acids is 1. The maximum absolute atomic E-state index is 13.3. The number of amides is 1. The van der Waals surface area contributed by atoms with Crippen molar-refractivity contribution in [3.63, 3.8) is 0 Å². The number of carbonyl (C=O) groups is 2. The number of carbonyl (C=O) groups excluding carboxylic acids is 1. The van der Waals surface area contributed by atoms with Crippen LogP contribution < -0.4 is 5.32 Å². The predicted octanol–water partition coefficient (Wildman–Crippen LogP) is 1.74. The molecular formula is C13H16FNO3. The molecule has 1 aromatic rings. The summed E-state index contributed by atoms with van der Waals surface area (Å²) in [4.78, 5) is 22.4. The van der Waals surface area contributed by atoms with Crippen molar-refractivity contribution in [3.8, 4) is 0 Å². The highest BCUT2D eigenvalue weighted by Crippen LogP contribution is 2.09. The third kappa shape index (κ3) is 3.84. The Morgan fingerprint density at radius 1 is 1.33 bits per heavy atom. The second-order valence-corrected chi connectivity index (χ2v) is 4.57. The van der Waals surface area contributed by atoms with Crippen molar-refractivity contribution in [2.45, 2.75) is 32.2 Å². The summed E-state index contributed by atoms with van der Waals surface area (Å²) in [7, 11) is 0. The van der Waals surface area contributed by atoms with Crippen LogP contribution in [0.2, 0.25) is 0 Å². The molecule has 5 heteroatoms. The molecule has 18 heavy (non-hydrogen) atoms. The van der Waals surface area contributed by atoms with Crippen LogP contribution in [-0.2, 0) is 16.0 Å². The van der Waals surface area contributed by atoms with Gasteiger partial charge in [-0.25, -0.2) is 9.18 Å². The lowest BCUT2D eigenvalue weighted by Gasteiger charge is -2.20. The van der Waals surface area contributed by atoms with Gasteiger partial charge in [0.05, 0.1) is 0 Å². The highest BCUT2D eigenvalue weighted by Gasteiger charge is 2.28. The van der Waals surface area contributed by atoms with Crippen molar-refractivity contribution in [3.05, 3.63) is 35.6 Å². The number of carboxylic acid groups (broad SMARTS) is 1. The quantitative estimate of drug-likeness (QED) is 0.840. The van der Waals surface area contributed by atoms with Crippen molar-refractivity contribution >= 4 is 11.9 Å². The van der Waals surface area contributed by atoms with E-state index >= 15 is 0 Å². The number of hydrogen-bond donors (Lipinski definition) is 2. The van der Waals surface area contributed by atoms with Crippen LogP contribution in [0.1, 0.15) is 25.8 Å². The summed E-state index contributed by atoms with van der Waals surface area (Å²) in [6.07, 6.45) is 0.297. The average molecular weight is 253 g/mol. The summed E-state index contributed by atoms with van der Waals surface area (Å²) in [5.41, 5.74) is -0.868. The molecule has 1 rings (SSSR count). The fraction of sp³-hybridized carbons (Fsp3) is 0.385. The normalized spacial score (nSPS) is 11.1. The fourth-order valence-electron chi connectivity index (χ4n) is 1.41. The van der Waals surface area contributed by atoms with Crippen molar-refractivity contribution in [1.29, 1.82) is 0 Å². The van der Waals surface area contributed by atoms with Crippen molar-refractivity contribution < 1.29 is 19.1 Å². The third-order valence-electron chi connectivity index (χ3n) is 2.57. The highest BCUT2D eigenvalue weighted by atomic mass is 19.1. The van der Waals surface area contributed by atoms with E-state index in [0.29, 0.717) is 5.56 Å². The second kappa shape index (κ2) is 5.62. The molecule has 0 aliphatic carbocycles. The number of nitrogens with one attached hydrogen (secondary N) is 1. The second-order valence-electron chi connectivity index (χ2n) is 4.57. The molecular weight excluding hydrogens is 237 g/mol. The van der Waals surface area contributed by atoms with Gasteiger partial charge in [-0.15, -0.1) is 0 Å². The van der Waals surface area contributed by atoms with Gasteiger partial charge in [0, 0.05) is 6.42 Å². The molecule has 0 bridgehead atoms. The zero-order valence-electron chi connectivity index (χ0n) is 10.4. The number of aryl methyl sites for hydroxylation is 1. The highest BCUT2D eigenvalue weighted by molar-refractivity contribution is 5.86. The van der Waals surface area contributed by atoms with Gasteiger partial charge in [0.25, 0.3) is 0 Å². The molecule has 0 unspecified atom stereocenters. The summed E-state index contributed by atoms with van der Waals surface area (Å²) in [6, 6.07) is 6.20. The molecule has 98 valence electrons. The molecule has 0 saturated heterocycles. The number of hydrogen-bond acceptors (Lipinski definition) is 2. The molecule has 0 fully saturated rings. The molecule has 0 spiro atoms. The molecule has 0 radical (unpaired) electrons. The average Bonchev–Trinajstić information content (AvgIpc) is 2.27. The Kier molecular flexibility index (Phi) is 4.42. The smallest absolute Gasteiger partial charge is 0.328 e. The molecule has 4 nitrogen and oxygen atoms in total. The molecule has 0 atom stereocenters. The lowest BCUT2D eigenvalue weighted by atomic mass is 10.0. The van der Waals surface area contributed by atoms with Gasteiger partial charge in [0.1, 0.15) is 11.4 Å². The van der Waals surface area contributed by atoms with Crippen LogP contribution in [0.15, 0.2) is 24.3 Å². The van der Waals surface area contributed by atoms with E-state index in [1.54, 1.807) is 18.2 Å². The zero-order chi connectivity index (χ0) is 13.8. The Bertz CT molecular complexity index is 457. The monoisotopic (exact) mass is 253 g/mol. The SMILES string of the molecule is CC(C)(NC(=O)CCc1ccccc1F)C(=O)O. The van der Waals surface area contributed by atoms with E-state index in [4.69, 9.17) is 5.11 Å². The van der Waals surface area contributed by atoms with Gasteiger partial charge in [0.2, 0.25) is 5.91 Å². The van der Waals surface area contributed by atoms with Crippen LogP contribution in [0, 0.1) is 5.82 Å². The minimum absolute atomic E-state index is 0.0532. The molecule has 0 aliphatic heterocycles. The van der Waals surface area contributed by atoms with Gasteiger partial charge in [-0.05, 0) is 31.9 Å². The Morgan fingerprint density at radius 2 is 1.94 bits per heavy atom. The van der Waals surface area contributed by atoms with Gasteiger partial charge in [0.15, 0.2) is 0 Å². The molecule has 2 N–H and O–H groups in total. The van der Waals surface area contributed by atoms with Crippen LogP contribution in [0.25, 0.3) is 0 Å². The van der Waals surface area contributed by atoms with E-state index in [9.17, 15) is 14.0 Å². The topological polar surface area (TPSA) is 66.4 Å². The lowest BCUT2D eigenvalue weighted by Crippen LogP contribution is -2.49. The van der Waals surface area contributed by atoms with Gasteiger partial charge >= 0.3 is 5.97 Å². The van der Waals surface area contributed by atoms with Crippen molar-refractivity contribution in [2.75, 3.05) is 0 Å². The Hall–Kier alpha value is -1.91. The summed E-state index contributed by atoms with van der Waals surface area (Å²) in [6.45, 7) is 2.80. The molecule has 0 aromatic heterocycles. The van der Waals surface area contributed by atoms with Gasteiger partial charge < -0.3 is 10.4 Å². The first-order valence-electron chi connectivity index (χ1n) is 5.61. The minimum atomic E-state index is -1.31. The van der Waals surface area contributed by atoms with Gasteiger partial charge in [-0.1, -0.05) is 18.2 Å². The van der Waals surface area contributed by atoms with Crippen molar-refractivity contribution in [1.82, 2.24) is 5.32 Å². The molecule has 1 aromatic carbocycles. The van der Waals surface area contributed by atoms with Crippen LogP contribution in [-0.4, -0.2) is 22.5 Å². The van der Waals surface area contributed by atoms with E-state index in [0.717, 1.165) is 0 Å². The summed E-state index contributed by atoms with van der Waals surface area (Å²) < 4.78 is 13.3. The van der Waals surface area contributed by atoms with Crippen LogP contribution in [0.5, 0.6) is 0 Å². The van der Waals surface area contributed by atoms with Gasteiger partial charge in [-0.3, -0.25) is 4.79 Å².